The molecule has 0 atom stereocenters. The molecule has 0 aliphatic heterocycles. The molecule has 0 spiro atoms. The number of para-hydroxylation sites is 2. The standard InChI is InChI=1S/C19H22N2O5/c1-3-24-15-10-9-14(16(22)11-15)12-20-21-19(23)13-26-18-8-6-5-7-17(18)25-4-2/h5-12,22H,3-4,13H2,1-2H3,(H,21,23). The van der Waals surface area contributed by atoms with Crippen molar-refractivity contribution >= 4 is 12.1 Å². The lowest BCUT2D eigenvalue weighted by molar-refractivity contribution is -0.123. The van der Waals surface area contributed by atoms with E-state index in [1.54, 1.807) is 30.3 Å². The van der Waals surface area contributed by atoms with Gasteiger partial charge in [-0.3, -0.25) is 4.79 Å². The van der Waals surface area contributed by atoms with E-state index < -0.39 is 5.91 Å². The summed E-state index contributed by atoms with van der Waals surface area (Å²) >= 11 is 0. The number of carbonyl (C=O) groups is 1. The first-order valence-electron chi connectivity index (χ1n) is 8.26. The van der Waals surface area contributed by atoms with E-state index in [0.717, 1.165) is 0 Å². The van der Waals surface area contributed by atoms with Crippen molar-refractivity contribution in [1.82, 2.24) is 5.43 Å². The van der Waals surface area contributed by atoms with Gasteiger partial charge in [-0.2, -0.15) is 5.10 Å². The first kappa shape index (κ1) is 19.1. The molecule has 0 aliphatic carbocycles. The average molecular weight is 358 g/mol. The number of aromatic hydroxyl groups is 1. The Kier molecular flexibility index (Phi) is 7.30. The summed E-state index contributed by atoms with van der Waals surface area (Å²) in [7, 11) is 0. The lowest BCUT2D eigenvalue weighted by Gasteiger charge is -2.10. The van der Waals surface area contributed by atoms with Gasteiger partial charge in [-0.05, 0) is 38.1 Å². The molecule has 0 unspecified atom stereocenters. The maximum absolute atomic E-state index is 11.8. The summed E-state index contributed by atoms with van der Waals surface area (Å²) < 4.78 is 16.2. The van der Waals surface area contributed by atoms with Gasteiger partial charge in [0.25, 0.3) is 5.91 Å². The molecule has 2 rings (SSSR count). The smallest absolute Gasteiger partial charge is 0.277 e. The van der Waals surface area contributed by atoms with Crippen LogP contribution in [0.3, 0.4) is 0 Å². The number of rotatable bonds is 9. The summed E-state index contributed by atoms with van der Waals surface area (Å²) in [6, 6.07) is 11.9. The highest BCUT2D eigenvalue weighted by molar-refractivity contribution is 5.85. The number of phenols is 1. The molecule has 0 aliphatic rings. The highest BCUT2D eigenvalue weighted by atomic mass is 16.5. The molecular weight excluding hydrogens is 336 g/mol. The summed E-state index contributed by atoms with van der Waals surface area (Å²) in [5.41, 5.74) is 2.80. The van der Waals surface area contributed by atoms with Crippen LogP contribution in [-0.2, 0) is 4.79 Å². The largest absolute Gasteiger partial charge is 0.507 e. The fraction of sp³-hybridized carbons (Fsp3) is 0.263. The van der Waals surface area contributed by atoms with Crippen LogP contribution in [0.15, 0.2) is 47.6 Å². The molecule has 2 N–H and O–H groups in total. The van der Waals surface area contributed by atoms with E-state index >= 15 is 0 Å². The predicted molar refractivity (Wildman–Crippen MR) is 98.1 cm³/mol. The fourth-order valence-electron chi connectivity index (χ4n) is 2.08. The van der Waals surface area contributed by atoms with E-state index in [-0.39, 0.29) is 12.4 Å². The summed E-state index contributed by atoms with van der Waals surface area (Å²) in [5.74, 6) is 1.20. The number of nitrogens with one attached hydrogen (secondary N) is 1. The maximum atomic E-state index is 11.8. The molecule has 0 fully saturated rings. The number of ether oxygens (including phenoxy) is 3. The van der Waals surface area contributed by atoms with Crippen molar-refractivity contribution in [2.24, 2.45) is 5.10 Å². The fourth-order valence-corrected chi connectivity index (χ4v) is 2.08. The zero-order chi connectivity index (χ0) is 18.8. The number of nitrogens with zero attached hydrogens (tertiary/aromatic N) is 1. The molecule has 0 saturated heterocycles. The van der Waals surface area contributed by atoms with E-state index in [9.17, 15) is 9.90 Å². The van der Waals surface area contributed by atoms with Crippen LogP contribution in [0.2, 0.25) is 0 Å². The lowest BCUT2D eigenvalue weighted by Crippen LogP contribution is -2.24. The van der Waals surface area contributed by atoms with E-state index in [4.69, 9.17) is 14.2 Å². The molecule has 7 nitrogen and oxygen atoms in total. The SMILES string of the molecule is CCOc1ccc(C=NNC(=O)COc2ccccc2OCC)c(O)c1. The number of benzene rings is 2. The Morgan fingerprint density at radius 2 is 1.77 bits per heavy atom. The van der Waals surface area contributed by atoms with Gasteiger partial charge in [-0.1, -0.05) is 12.1 Å². The van der Waals surface area contributed by atoms with Gasteiger partial charge in [0, 0.05) is 11.6 Å². The highest BCUT2D eigenvalue weighted by Crippen LogP contribution is 2.26. The minimum absolute atomic E-state index is 0.0100. The van der Waals surface area contributed by atoms with Crippen molar-refractivity contribution in [1.29, 1.82) is 0 Å². The zero-order valence-corrected chi connectivity index (χ0v) is 14.8. The van der Waals surface area contributed by atoms with Crippen molar-refractivity contribution in [3.05, 3.63) is 48.0 Å². The van der Waals surface area contributed by atoms with Crippen molar-refractivity contribution in [3.8, 4) is 23.0 Å². The third kappa shape index (κ3) is 5.70. The second kappa shape index (κ2) is 9.93. The molecule has 1 amide bonds. The van der Waals surface area contributed by atoms with Crippen molar-refractivity contribution in [3.63, 3.8) is 0 Å². The highest BCUT2D eigenvalue weighted by Gasteiger charge is 2.07. The van der Waals surface area contributed by atoms with E-state index in [1.165, 1.54) is 12.3 Å². The number of hydrazone groups is 1. The Bertz CT molecular complexity index is 761. The van der Waals surface area contributed by atoms with Crippen molar-refractivity contribution < 1.29 is 24.1 Å². The van der Waals surface area contributed by atoms with Crippen LogP contribution in [0.5, 0.6) is 23.0 Å². The molecule has 26 heavy (non-hydrogen) atoms. The van der Waals surface area contributed by atoms with E-state index in [2.05, 4.69) is 10.5 Å². The topological polar surface area (TPSA) is 89.4 Å². The number of amides is 1. The maximum Gasteiger partial charge on any atom is 0.277 e. The van der Waals surface area contributed by atoms with E-state index in [1.807, 2.05) is 19.9 Å². The van der Waals surface area contributed by atoms with Gasteiger partial charge in [0.2, 0.25) is 0 Å². The van der Waals surface area contributed by atoms with Crippen molar-refractivity contribution in [2.45, 2.75) is 13.8 Å². The van der Waals surface area contributed by atoms with Crippen LogP contribution in [0.4, 0.5) is 0 Å². The van der Waals surface area contributed by atoms with Crippen LogP contribution < -0.4 is 19.6 Å². The van der Waals surface area contributed by atoms with Gasteiger partial charge in [-0.25, -0.2) is 5.43 Å². The summed E-state index contributed by atoms with van der Waals surface area (Å²) in [4.78, 5) is 11.8. The third-order valence-corrected chi connectivity index (χ3v) is 3.21. The van der Waals surface area contributed by atoms with Gasteiger partial charge >= 0.3 is 0 Å². The predicted octanol–water partition coefficient (Wildman–Crippen LogP) is 2.72. The first-order valence-corrected chi connectivity index (χ1v) is 8.26. The Labute approximate surface area is 152 Å². The first-order chi connectivity index (χ1) is 12.6. The van der Waals surface area contributed by atoms with Gasteiger partial charge < -0.3 is 19.3 Å². The molecule has 0 bridgehead atoms. The molecule has 0 radical (unpaired) electrons. The van der Waals surface area contributed by atoms with Crippen LogP contribution in [-0.4, -0.2) is 37.0 Å². The van der Waals surface area contributed by atoms with E-state index in [0.29, 0.717) is 36.0 Å². The molecule has 138 valence electrons. The molecule has 7 heteroatoms. The number of carbonyl (C=O) groups excluding carboxylic acids is 1. The number of hydrogen-bond acceptors (Lipinski definition) is 6. The van der Waals surface area contributed by atoms with Gasteiger partial charge in [0.1, 0.15) is 11.5 Å². The molecule has 2 aromatic carbocycles. The Hall–Kier alpha value is -3.22. The van der Waals surface area contributed by atoms with Crippen LogP contribution >= 0.6 is 0 Å². The molecule has 0 heterocycles. The molecule has 0 saturated carbocycles. The molecule has 2 aromatic rings. The summed E-state index contributed by atoms with van der Waals surface area (Å²) in [6.07, 6.45) is 1.34. The second-order valence-corrected chi connectivity index (χ2v) is 5.12. The number of hydrogen-bond donors (Lipinski definition) is 2. The Balaban J connectivity index is 1.86. The summed E-state index contributed by atoms with van der Waals surface area (Å²) in [6.45, 7) is 4.53. The van der Waals surface area contributed by atoms with Gasteiger partial charge in [0.15, 0.2) is 18.1 Å². The monoisotopic (exact) mass is 358 g/mol. The minimum atomic E-state index is -0.432. The molecule has 0 aromatic heterocycles. The average Bonchev–Trinajstić information content (AvgIpc) is 2.63. The van der Waals surface area contributed by atoms with Crippen molar-refractivity contribution in [2.75, 3.05) is 19.8 Å². The third-order valence-electron chi connectivity index (χ3n) is 3.21. The lowest BCUT2D eigenvalue weighted by atomic mass is 10.2. The minimum Gasteiger partial charge on any atom is -0.507 e. The quantitative estimate of drug-likeness (QED) is 0.531. The van der Waals surface area contributed by atoms with Crippen LogP contribution in [0.25, 0.3) is 0 Å². The Morgan fingerprint density at radius 1 is 1.08 bits per heavy atom. The van der Waals surface area contributed by atoms with Crippen LogP contribution in [0.1, 0.15) is 19.4 Å². The number of phenolic OH excluding ortho intramolecular Hbond substituents is 1. The second-order valence-electron chi connectivity index (χ2n) is 5.12. The van der Waals surface area contributed by atoms with Gasteiger partial charge in [-0.15, -0.1) is 0 Å². The van der Waals surface area contributed by atoms with Gasteiger partial charge in [0.05, 0.1) is 19.4 Å². The van der Waals surface area contributed by atoms with Crippen LogP contribution in [0, 0.1) is 0 Å². The normalized spacial score (nSPS) is 10.5. The molecular formula is C19H22N2O5. The summed E-state index contributed by atoms with van der Waals surface area (Å²) in [5, 5.41) is 13.7. The zero-order valence-electron chi connectivity index (χ0n) is 14.8. The Morgan fingerprint density at radius 3 is 2.42 bits per heavy atom.